The number of rotatable bonds is 4. The highest BCUT2D eigenvalue weighted by molar-refractivity contribution is 7.90. The monoisotopic (exact) mass is 387 g/mol. The van der Waals surface area contributed by atoms with Crippen molar-refractivity contribution in [1.29, 1.82) is 0 Å². The summed E-state index contributed by atoms with van der Waals surface area (Å²) in [7, 11) is -3.67. The number of nitrogens with one attached hydrogen (secondary N) is 2. The van der Waals surface area contributed by atoms with E-state index < -0.39 is 22.0 Å². The molecule has 1 atom stereocenters. The highest BCUT2D eigenvalue weighted by Gasteiger charge is 2.31. The molecule has 9 heteroatoms. The Balaban J connectivity index is 1.73. The molecule has 0 bridgehead atoms. The van der Waals surface area contributed by atoms with E-state index in [1.54, 1.807) is 30.3 Å². The molecule has 0 aromatic heterocycles. The summed E-state index contributed by atoms with van der Waals surface area (Å²) in [5, 5.41) is 2.61. The van der Waals surface area contributed by atoms with Crippen LogP contribution in [0.15, 0.2) is 58.4 Å². The van der Waals surface area contributed by atoms with Crippen molar-refractivity contribution >= 4 is 33.4 Å². The van der Waals surface area contributed by atoms with Crippen LogP contribution in [0.2, 0.25) is 0 Å². The molecule has 1 aliphatic rings. The lowest BCUT2D eigenvalue weighted by Gasteiger charge is -2.09. The predicted octanol–water partition coefficient (Wildman–Crippen LogP) is 1.68. The molecule has 1 amide bonds. The maximum atomic E-state index is 12.3. The first-order chi connectivity index (χ1) is 12.8. The van der Waals surface area contributed by atoms with Crippen LogP contribution in [0.1, 0.15) is 19.4 Å². The van der Waals surface area contributed by atoms with Crippen molar-refractivity contribution in [1.82, 2.24) is 4.72 Å². The largest absolute Gasteiger partial charge is 0.425 e. The third-order valence-electron chi connectivity index (χ3n) is 3.72. The summed E-state index contributed by atoms with van der Waals surface area (Å²) < 4.78 is 31.7. The van der Waals surface area contributed by atoms with Gasteiger partial charge in [-0.3, -0.25) is 14.5 Å². The van der Waals surface area contributed by atoms with E-state index in [9.17, 15) is 18.0 Å². The molecule has 0 aliphatic carbocycles. The molecular formula is C18H17N3O5S. The third kappa shape index (κ3) is 4.14. The van der Waals surface area contributed by atoms with Crippen LogP contribution < -0.4 is 14.8 Å². The van der Waals surface area contributed by atoms with Gasteiger partial charge in [-0.1, -0.05) is 12.1 Å². The van der Waals surface area contributed by atoms with Crippen LogP contribution in [0.3, 0.4) is 0 Å². The maximum Gasteiger partial charge on any atom is 0.336 e. The van der Waals surface area contributed by atoms with E-state index in [2.05, 4.69) is 15.0 Å². The number of anilines is 1. The first-order valence-electron chi connectivity index (χ1n) is 8.05. The fourth-order valence-corrected chi connectivity index (χ4v) is 3.73. The van der Waals surface area contributed by atoms with E-state index in [1.807, 2.05) is 0 Å². The van der Waals surface area contributed by atoms with Crippen molar-refractivity contribution in [3.63, 3.8) is 0 Å². The van der Waals surface area contributed by atoms with Gasteiger partial charge in [-0.05, 0) is 43.3 Å². The summed E-state index contributed by atoms with van der Waals surface area (Å²) in [4.78, 5) is 27.5. The summed E-state index contributed by atoms with van der Waals surface area (Å²) in [5.74, 6) is -0.452. The minimum Gasteiger partial charge on any atom is -0.425 e. The van der Waals surface area contributed by atoms with Crippen molar-refractivity contribution in [2.24, 2.45) is 4.99 Å². The second-order valence-electron chi connectivity index (χ2n) is 5.88. The third-order valence-corrected chi connectivity index (χ3v) is 5.12. The predicted molar refractivity (Wildman–Crippen MR) is 99.1 cm³/mol. The SMILES string of the molecule is CC(=O)Nc1ccc(OC(=O)[C@H](C)N=C2NS(=O)(=O)c3ccccc32)cc1. The number of ether oxygens (including phenoxy) is 1. The molecule has 1 heterocycles. The Morgan fingerprint density at radius 2 is 1.78 bits per heavy atom. The molecule has 0 radical (unpaired) electrons. The number of carbonyl (C=O) groups is 2. The number of carbonyl (C=O) groups excluding carboxylic acids is 2. The molecule has 8 nitrogen and oxygen atoms in total. The highest BCUT2D eigenvalue weighted by atomic mass is 32.2. The van der Waals surface area contributed by atoms with E-state index in [4.69, 9.17) is 4.74 Å². The summed E-state index contributed by atoms with van der Waals surface area (Å²) in [6, 6.07) is 11.7. The van der Waals surface area contributed by atoms with Crippen molar-refractivity contribution in [3.8, 4) is 5.75 Å². The molecule has 0 unspecified atom stereocenters. The Hall–Kier alpha value is -3.20. The Bertz CT molecular complexity index is 1030. The lowest BCUT2D eigenvalue weighted by molar-refractivity contribution is -0.135. The maximum absolute atomic E-state index is 12.3. The average Bonchev–Trinajstić information content (AvgIpc) is 2.87. The first-order valence-corrected chi connectivity index (χ1v) is 9.54. The number of aliphatic imine (C=N–C) groups is 1. The van der Waals surface area contributed by atoms with Crippen LogP contribution in [0, 0.1) is 0 Å². The van der Waals surface area contributed by atoms with E-state index in [0.717, 1.165) is 0 Å². The summed E-state index contributed by atoms with van der Waals surface area (Å²) in [6.45, 7) is 2.90. The smallest absolute Gasteiger partial charge is 0.336 e. The second kappa shape index (κ2) is 7.20. The molecular weight excluding hydrogens is 370 g/mol. The van der Waals surface area contributed by atoms with Gasteiger partial charge < -0.3 is 10.1 Å². The van der Waals surface area contributed by atoms with Crippen LogP contribution in [-0.2, 0) is 19.6 Å². The van der Waals surface area contributed by atoms with Crippen molar-refractivity contribution in [3.05, 3.63) is 54.1 Å². The van der Waals surface area contributed by atoms with Gasteiger partial charge >= 0.3 is 5.97 Å². The number of hydrogen-bond donors (Lipinski definition) is 2. The quantitative estimate of drug-likeness (QED) is 0.612. The summed E-state index contributed by atoms with van der Waals surface area (Å²) >= 11 is 0. The molecule has 2 aromatic rings. The van der Waals surface area contributed by atoms with Gasteiger partial charge in [-0.15, -0.1) is 0 Å². The standard InChI is InChI=1S/C18H17N3O5S/c1-11(18(23)26-14-9-7-13(8-10-14)20-12(2)22)19-17-15-5-3-4-6-16(15)27(24,25)21-17/h3-11H,1-2H3,(H,19,21)(H,20,22)/t11-/m0/s1. The zero-order valence-electron chi connectivity index (χ0n) is 14.6. The van der Waals surface area contributed by atoms with Gasteiger partial charge in [0.2, 0.25) is 5.91 Å². The molecule has 0 spiro atoms. The average molecular weight is 387 g/mol. The van der Waals surface area contributed by atoms with Gasteiger partial charge in [0.05, 0.1) is 4.90 Å². The molecule has 3 rings (SSSR count). The van der Waals surface area contributed by atoms with Gasteiger partial charge in [0.15, 0.2) is 0 Å². The summed E-state index contributed by atoms with van der Waals surface area (Å²) in [5.41, 5.74) is 0.990. The van der Waals surface area contributed by atoms with Crippen molar-refractivity contribution < 1.29 is 22.7 Å². The first kappa shape index (κ1) is 18.6. The van der Waals surface area contributed by atoms with Crippen LogP contribution in [0.25, 0.3) is 0 Å². The molecule has 0 saturated heterocycles. The zero-order chi connectivity index (χ0) is 19.6. The number of nitrogens with zero attached hydrogens (tertiary/aromatic N) is 1. The van der Waals surface area contributed by atoms with Gasteiger partial charge in [-0.2, -0.15) is 0 Å². The van der Waals surface area contributed by atoms with Crippen molar-refractivity contribution in [2.45, 2.75) is 24.8 Å². The highest BCUT2D eigenvalue weighted by Crippen LogP contribution is 2.23. The zero-order valence-corrected chi connectivity index (χ0v) is 15.4. The number of benzene rings is 2. The number of amides is 1. The van der Waals surface area contributed by atoms with Crippen molar-refractivity contribution in [2.75, 3.05) is 5.32 Å². The number of hydrogen-bond acceptors (Lipinski definition) is 6. The Morgan fingerprint density at radius 3 is 2.44 bits per heavy atom. The van der Waals surface area contributed by atoms with Gasteiger partial charge in [0, 0.05) is 18.2 Å². The summed E-state index contributed by atoms with van der Waals surface area (Å²) in [6.07, 6.45) is 0. The molecule has 140 valence electrons. The van der Waals surface area contributed by atoms with E-state index >= 15 is 0 Å². The Labute approximate surface area is 156 Å². The van der Waals surface area contributed by atoms with Crippen LogP contribution in [0.5, 0.6) is 5.75 Å². The fourth-order valence-electron chi connectivity index (χ4n) is 2.49. The van der Waals surface area contributed by atoms with E-state index in [1.165, 1.54) is 32.0 Å². The Kier molecular flexibility index (Phi) is 4.95. The second-order valence-corrected chi connectivity index (χ2v) is 7.53. The van der Waals surface area contributed by atoms with Gasteiger partial charge in [0.25, 0.3) is 10.0 Å². The lowest BCUT2D eigenvalue weighted by atomic mass is 10.2. The molecule has 2 aromatic carbocycles. The molecule has 0 saturated carbocycles. The number of sulfonamides is 1. The number of esters is 1. The van der Waals surface area contributed by atoms with Gasteiger partial charge in [0.1, 0.15) is 17.6 Å². The number of amidine groups is 1. The molecule has 27 heavy (non-hydrogen) atoms. The van der Waals surface area contributed by atoms with E-state index in [0.29, 0.717) is 11.3 Å². The minimum atomic E-state index is -3.67. The van der Waals surface area contributed by atoms with Crippen LogP contribution in [0.4, 0.5) is 5.69 Å². The van der Waals surface area contributed by atoms with Crippen LogP contribution in [-0.4, -0.2) is 32.2 Å². The van der Waals surface area contributed by atoms with Gasteiger partial charge in [-0.25, -0.2) is 13.2 Å². The molecule has 0 fully saturated rings. The van der Waals surface area contributed by atoms with E-state index in [-0.39, 0.29) is 22.4 Å². The lowest BCUT2D eigenvalue weighted by Crippen LogP contribution is -2.27. The minimum absolute atomic E-state index is 0.107. The molecule has 1 aliphatic heterocycles. The topological polar surface area (TPSA) is 114 Å². The Morgan fingerprint density at radius 1 is 1.11 bits per heavy atom. The fraction of sp³-hybridized carbons (Fsp3) is 0.167. The molecule has 2 N–H and O–H groups in total. The van der Waals surface area contributed by atoms with Crippen LogP contribution >= 0.6 is 0 Å². The number of fused-ring (bicyclic) bond motifs is 1. The normalized spacial score (nSPS) is 16.9.